The first-order chi connectivity index (χ1) is 9.54. The maximum atomic E-state index is 11.9. The summed E-state index contributed by atoms with van der Waals surface area (Å²) in [5, 5.41) is 11.4. The van der Waals surface area contributed by atoms with E-state index < -0.39 is 5.97 Å². The van der Waals surface area contributed by atoms with Gasteiger partial charge in [-0.1, -0.05) is 6.07 Å². The number of hydrogen-bond acceptors (Lipinski definition) is 3. The minimum Gasteiger partial charge on any atom is -0.478 e. The van der Waals surface area contributed by atoms with Crippen LogP contribution < -0.4 is 5.32 Å². The molecule has 108 valence electrons. The fourth-order valence-corrected chi connectivity index (χ4v) is 1.64. The third-order valence-electron chi connectivity index (χ3n) is 2.76. The van der Waals surface area contributed by atoms with Gasteiger partial charge in [-0.05, 0) is 42.7 Å². The molecule has 0 aliphatic carbocycles. The van der Waals surface area contributed by atoms with Crippen LogP contribution >= 0.6 is 0 Å². The van der Waals surface area contributed by atoms with Crippen molar-refractivity contribution in [3.05, 3.63) is 41.0 Å². The van der Waals surface area contributed by atoms with E-state index in [1.165, 1.54) is 6.08 Å². The molecule has 20 heavy (non-hydrogen) atoms. The summed E-state index contributed by atoms with van der Waals surface area (Å²) in [6, 6.07) is 5.20. The molecule has 0 unspecified atom stereocenters. The number of rotatable bonds is 7. The Bertz CT molecular complexity index is 509. The van der Waals surface area contributed by atoms with Crippen LogP contribution in [0.2, 0.25) is 0 Å². The molecule has 1 rings (SSSR count). The zero-order valence-corrected chi connectivity index (χ0v) is 11.7. The van der Waals surface area contributed by atoms with Gasteiger partial charge in [0.1, 0.15) is 0 Å². The second-order valence-electron chi connectivity index (χ2n) is 4.35. The standard InChI is InChI=1S/C15H19NO4/c1-11-4-5-13(10-12(11)6-7-14(17)18)15(19)16-8-3-9-20-2/h4-7,10H,3,8-9H2,1-2H3,(H,16,19)(H,17,18)/b7-6+. The molecule has 0 aliphatic rings. The molecule has 0 heterocycles. The second kappa shape index (κ2) is 8.12. The van der Waals surface area contributed by atoms with E-state index in [1.54, 1.807) is 25.3 Å². The highest BCUT2D eigenvalue weighted by Crippen LogP contribution is 2.13. The van der Waals surface area contributed by atoms with Crippen LogP contribution in [0.4, 0.5) is 0 Å². The van der Waals surface area contributed by atoms with Gasteiger partial charge < -0.3 is 15.2 Å². The van der Waals surface area contributed by atoms with Gasteiger partial charge in [0.2, 0.25) is 0 Å². The Morgan fingerprint density at radius 1 is 1.40 bits per heavy atom. The summed E-state index contributed by atoms with van der Waals surface area (Å²) in [5.41, 5.74) is 2.15. The molecule has 0 saturated heterocycles. The average Bonchev–Trinajstić information content (AvgIpc) is 2.42. The first-order valence-corrected chi connectivity index (χ1v) is 6.33. The van der Waals surface area contributed by atoms with Crippen molar-refractivity contribution in [2.24, 2.45) is 0 Å². The first-order valence-electron chi connectivity index (χ1n) is 6.33. The molecular formula is C15H19NO4. The minimum atomic E-state index is -1.01. The van der Waals surface area contributed by atoms with Gasteiger partial charge in [0.25, 0.3) is 5.91 Å². The van der Waals surface area contributed by atoms with E-state index in [9.17, 15) is 9.59 Å². The molecule has 5 nitrogen and oxygen atoms in total. The molecule has 1 amide bonds. The Kier molecular flexibility index (Phi) is 6.46. The Hall–Kier alpha value is -2.14. The molecule has 0 spiro atoms. The predicted molar refractivity (Wildman–Crippen MR) is 76.7 cm³/mol. The highest BCUT2D eigenvalue weighted by Gasteiger charge is 2.06. The average molecular weight is 277 g/mol. The van der Waals surface area contributed by atoms with Crippen LogP contribution in [-0.4, -0.2) is 37.2 Å². The van der Waals surface area contributed by atoms with Gasteiger partial charge in [0.05, 0.1) is 0 Å². The summed E-state index contributed by atoms with van der Waals surface area (Å²) in [4.78, 5) is 22.4. The fourth-order valence-electron chi connectivity index (χ4n) is 1.64. The van der Waals surface area contributed by atoms with Crippen LogP contribution in [0.3, 0.4) is 0 Å². The molecule has 2 N–H and O–H groups in total. The lowest BCUT2D eigenvalue weighted by Gasteiger charge is -2.07. The number of nitrogens with one attached hydrogen (secondary N) is 1. The van der Waals surface area contributed by atoms with Gasteiger partial charge in [0, 0.05) is 31.9 Å². The second-order valence-corrected chi connectivity index (χ2v) is 4.35. The lowest BCUT2D eigenvalue weighted by molar-refractivity contribution is -0.131. The molecule has 1 aromatic rings. The molecular weight excluding hydrogens is 258 g/mol. The molecule has 0 bridgehead atoms. The Morgan fingerprint density at radius 3 is 2.80 bits per heavy atom. The quantitative estimate of drug-likeness (QED) is 0.589. The Labute approximate surface area is 118 Å². The number of ether oxygens (including phenoxy) is 1. The smallest absolute Gasteiger partial charge is 0.328 e. The zero-order chi connectivity index (χ0) is 15.0. The summed E-state index contributed by atoms with van der Waals surface area (Å²) in [5.74, 6) is -1.19. The van der Waals surface area contributed by atoms with Gasteiger partial charge in [-0.25, -0.2) is 4.79 Å². The number of hydrogen-bond donors (Lipinski definition) is 2. The van der Waals surface area contributed by atoms with Crippen LogP contribution in [-0.2, 0) is 9.53 Å². The van der Waals surface area contributed by atoms with Crippen LogP contribution in [0.25, 0.3) is 6.08 Å². The number of aliphatic carboxylic acids is 1. The van der Waals surface area contributed by atoms with Gasteiger partial charge in [-0.15, -0.1) is 0 Å². The summed E-state index contributed by atoms with van der Waals surface area (Å²) in [6.45, 7) is 3.00. The lowest BCUT2D eigenvalue weighted by Crippen LogP contribution is -2.25. The molecule has 0 atom stereocenters. The van der Waals surface area contributed by atoms with Crippen molar-refractivity contribution in [3.63, 3.8) is 0 Å². The Morgan fingerprint density at radius 2 is 2.15 bits per heavy atom. The fraction of sp³-hybridized carbons (Fsp3) is 0.333. The van der Waals surface area contributed by atoms with Crippen LogP contribution in [0, 0.1) is 6.92 Å². The lowest BCUT2D eigenvalue weighted by atomic mass is 10.0. The topological polar surface area (TPSA) is 75.6 Å². The van der Waals surface area contributed by atoms with Crippen molar-refractivity contribution in [1.29, 1.82) is 0 Å². The zero-order valence-electron chi connectivity index (χ0n) is 11.7. The molecule has 1 aromatic carbocycles. The van der Waals surface area contributed by atoms with E-state index in [4.69, 9.17) is 9.84 Å². The van der Waals surface area contributed by atoms with Gasteiger partial charge in [0.15, 0.2) is 0 Å². The third kappa shape index (κ3) is 5.24. The predicted octanol–water partition coefficient (Wildman–Crippen LogP) is 1.86. The van der Waals surface area contributed by atoms with Crippen LogP contribution in [0.5, 0.6) is 0 Å². The first kappa shape index (κ1) is 15.9. The van der Waals surface area contributed by atoms with Gasteiger partial charge in [-0.3, -0.25) is 4.79 Å². The van der Waals surface area contributed by atoms with Gasteiger partial charge in [-0.2, -0.15) is 0 Å². The van der Waals surface area contributed by atoms with Crippen molar-refractivity contribution in [1.82, 2.24) is 5.32 Å². The normalized spacial score (nSPS) is 10.7. The minimum absolute atomic E-state index is 0.175. The van der Waals surface area contributed by atoms with Crippen LogP contribution in [0.1, 0.15) is 27.9 Å². The molecule has 0 radical (unpaired) electrons. The summed E-state index contributed by atoms with van der Waals surface area (Å²) < 4.78 is 4.90. The maximum absolute atomic E-state index is 11.9. The monoisotopic (exact) mass is 277 g/mol. The molecule has 5 heteroatoms. The van der Waals surface area contributed by atoms with E-state index in [-0.39, 0.29) is 5.91 Å². The number of carboxylic acids is 1. The largest absolute Gasteiger partial charge is 0.478 e. The maximum Gasteiger partial charge on any atom is 0.328 e. The van der Waals surface area contributed by atoms with Crippen molar-refractivity contribution in [2.75, 3.05) is 20.3 Å². The number of amides is 1. The third-order valence-corrected chi connectivity index (χ3v) is 2.76. The number of benzene rings is 1. The highest BCUT2D eigenvalue weighted by molar-refractivity contribution is 5.95. The molecule has 0 aromatic heterocycles. The van der Waals surface area contributed by atoms with E-state index in [0.717, 1.165) is 23.6 Å². The Balaban J connectivity index is 2.73. The van der Waals surface area contributed by atoms with Crippen molar-refractivity contribution in [3.8, 4) is 0 Å². The molecule has 0 aliphatic heterocycles. The summed E-state index contributed by atoms with van der Waals surface area (Å²) in [6.07, 6.45) is 3.29. The van der Waals surface area contributed by atoms with Crippen molar-refractivity contribution >= 4 is 18.0 Å². The molecule has 0 saturated carbocycles. The van der Waals surface area contributed by atoms with Crippen molar-refractivity contribution < 1.29 is 19.4 Å². The van der Waals surface area contributed by atoms with E-state index in [0.29, 0.717) is 18.7 Å². The molecule has 0 fully saturated rings. The van der Waals surface area contributed by atoms with E-state index in [1.807, 2.05) is 6.92 Å². The number of carbonyl (C=O) groups excluding carboxylic acids is 1. The van der Waals surface area contributed by atoms with Gasteiger partial charge >= 0.3 is 5.97 Å². The van der Waals surface area contributed by atoms with E-state index in [2.05, 4.69) is 5.32 Å². The number of aryl methyl sites for hydroxylation is 1. The van der Waals surface area contributed by atoms with Crippen molar-refractivity contribution in [2.45, 2.75) is 13.3 Å². The number of methoxy groups -OCH3 is 1. The highest BCUT2D eigenvalue weighted by atomic mass is 16.5. The van der Waals surface area contributed by atoms with E-state index >= 15 is 0 Å². The SMILES string of the molecule is COCCCNC(=O)c1ccc(C)c(/C=C/C(=O)O)c1. The van der Waals surface area contributed by atoms with Crippen LogP contribution in [0.15, 0.2) is 24.3 Å². The number of carboxylic acid groups (broad SMARTS) is 1. The number of carbonyl (C=O) groups is 2. The summed E-state index contributed by atoms with van der Waals surface area (Å²) in [7, 11) is 1.61. The summed E-state index contributed by atoms with van der Waals surface area (Å²) >= 11 is 0.